The highest BCUT2D eigenvalue weighted by molar-refractivity contribution is 5.82. The molecule has 6 nitrogen and oxygen atoms in total. The Labute approximate surface area is 147 Å². The Morgan fingerprint density at radius 1 is 1.16 bits per heavy atom. The Morgan fingerprint density at radius 2 is 1.92 bits per heavy atom. The maximum absolute atomic E-state index is 11.3. The highest BCUT2D eigenvalue weighted by Crippen LogP contribution is 2.29. The molecule has 132 valence electrons. The van der Waals surface area contributed by atoms with Gasteiger partial charge in [-0.05, 0) is 23.3 Å². The van der Waals surface area contributed by atoms with Crippen LogP contribution in [0.2, 0.25) is 0 Å². The minimum absolute atomic E-state index is 0.0994. The Kier molecular flexibility index (Phi) is 5.87. The summed E-state index contributed by atoms with van der Waals surface area (Å²) >= 11 is 0. The second kappa shape index (κ2) is 8.73. The van der Waals surface area contributed by atoms with Crippen LogP contribution in [-0.4, -0.2) is 30.1 Å². The van der Waals surface area contributed by atoms with Gasteiger partial charge in [0.1, 0.15) is 12.6 Å². The predicted octanol–water partition coefficient (Wildman–Crippen LogP) is 2.41. The van der Waals surface area contributed by atoms with Crippen LogP contribution in [0.25, 0.3) is 0 Å². The number of carbonyl (C=O) groups excluding carboxylic acids is 1. The SMILES string of the molecule is [2H]COc1cc(C[C@@H](NC(C)=O)C(=O)O)ccc1OCc1ccccc1. The number of carbonyl (C=O) groups is 2. The zero-order valence-corrected chi connectivity index (χ0v) is 13.9. The molecule has 2 aromatic rings. The number of rotatable bonds is 8. The first-order valence-electron chi connectivity index (χ1n) is 8.42. The summed E-state index contributed by atoms with van der Waals surface area (Å²) in [5, 5.41) is 11.6. The topological polar surface area (TPSA) is 84.9 Å². The third kappa shape index (κ3) is 5.53. The molecule has 0 saturated heterocycles. The number of aliphatic carboxylic acids is 1. The van der Waals surface area contributed by atoms with Crippen molar-refractivity contribution in [3.05, 3.63) is 59.7 Å². The zero-order chi connectivity index (χ0) is 18.9. The number of hydrogen-bond acceptors (Lipinski definition) is 4. The monoisotopic (exact) mass is 344 g/mol. The van der Waals surface area contributed by atoms with Crippen molar-refractivity contribution in [3.63, 3.8) is 0 Å². The van der Waals surface area contributed by atoms with Crippen LogP contribution < -0.4 is 14.8 Å². The lowest BCUT2D eigenvalue weighted by atomic mass is 10.1. The molecule has 0 fully saturated rings. The quantitative estimate of drug-likeness (QED) is 0.768. The first kappa shape index (κ1) is 16.8. The molecular formula is C19H21NO5. The summed E-state index contributed by atoms with van der Waals surface area (Å²) in [6, 6.07) is 13.6. The molecule has 6 heteroatoms. The Morgan fingerprint density at radius 3 is 2.56 bits per heavy atom. The number of nitrogens with one attached hydrogen (secondary N) is 1. The van der Waals surface area contributed by atoms with Crippen molar-refractivity contribution in [2.24, 2.45) is 0 Å². The Hall–Kier alpha value is -3.02. The van der Waals surface area contributed by atoms with E-state index >= 15 is 0 Å². The van der Waals surface area contributed by atoms with Crippen molar-refractivity contribution >= 4 is 11.9 Å². The van der Waals surface area contributed by atoms with Gasteiger partial charge in [-0.25, -0.2) is 4.79 Å². The van der Waals surface area contributed by atoms with E-state index in [-0.39, 0.29) is 13.5 Å². The summed E-state index contributed by atoms with van der Waals surface area (Å²) in [6.45, 7) is 1.61. The van der Waals surface area contributed by atoms with Gasteiger partial charge in [-0.2, -0.15) is 0 Å². The number of methoxy groups -OCH3 is 1. The average molecular weight is 344 g/mol. The number of carboxylic acids is 1. The Bertz CT molecular complexity index is 751. The predicted molar refractivity (Wildman–Crippen MR) is 92.7 cm³/mol. The van der Waals surface area contributed by atoms with Crippen molar-refractivity contribution in [1.29, 1.82) is 0 Å². The van der Waals surface area contributed by atoms with Crippen LogP contribution in [0.5, 0.6) is 11.5 Å². The van der Waals surface area contributed by atoms with E-state index in [9.17, 15) is 14.7 Å². The van der Waals surface area contributed by atoms with E-state index in [1.165, 1.54) is 6.92 Å². The van der Waals surface area contributed by atoms with E-state index in [0.717, 1.165) is 5.56 Å². The van der Waals surface area contributed by atoms with Gasteiger partial charge >= 0.3 is 5.97 Å². The van der Waals surface area contributed by atoms with Gasteiger partial charge in [-0.3, -0.25) is 4.79 Å². The minimum Gasteiger partial charge on any atom is -0.493 e. The molecule has 2 rings (SSSR count). The first-order chi connectivity index (χ1) is 12.5. The van der Waals surface area contributed by atoms with Gasteiger partial charge in [-0.1, -0.05) is 36.4 Å². The van der Waals surface area contributed by atoms with Gasteiger partial charge in [0.25, 0.3) is 0 Å². The first-order valence-corrected chi connectivity index (χ1v) is 7.71. The summed E-state index contributed by atoms with van der Waals surface area (Å²) < 4.78 is 18.3. The van der Waals surface area contributed by atoms with E-state index in [1.807, 2.05) is 30.3 Å². The van der Waals surface area contributed by atoms with Crippen LogP contribution in [-0.2, 0) is 22.6 Å². The lowest BCUT2D eigenvalue weighted by Crippen LogP contribution is -2.41. The Balaban J connectivity index is 2.13. The maximum atomic E-state index is 11.3. The molecule has 0 bridgehead atoms. The number of amides is 1. The van der Waals surface area contributed by atoms with Gasteiger partial charge in [0.15, 0.2) is 11.5 Å². The van der Waals surface area contributed by atoms with Crippen molar-refractivity contribution in [2.75, 3.05) is 7.09 Å². The molecule has 1 atom stereocenters. The van der Waals surface area contributed by atoms with Crippen molar-refractivity contribution in [3.8, 4) is 11.5 Å². The summed E-state index contributed by atoms with van der Waals surface area (Å²) in [5.74, 6) is -0.702. The van der Waals surface area contributed by atoms with Crippen LogP contribution in [0.1, 0.15) is 19.4 Å². The number of hydrogen-bond donors (Lipinski definition) is 2. The summed E-state index contributed by atoms with van der Waals surface area (Å²) in [6.07, 6.45) is 0.0994. The van der Waals surface area contributed by atoms with E-state index < -0.39 is 17.9 Å². The average Bonchev–Trinajstić information content (AvgIpc) is 2.61. The number of carboxylic acid groups (broad SMARTS) is 1. The van der Waals surface area contributed by atoms with Crippen LogP contribution in [0.15, 0.2) is 48.5 Å². The highest BCUT2D eigenvalue weighted by Gasteiger charge is 2.19. The van der Waals surface area contributed by atoms with E-state index in [2.05, 4.69) is 5.32 Å². The minimum atomic E-state index is -1.12. The van der Waals surface area contributed by atoms with Gasteiger partial charge in [-0.15, -0.1) is 0 Å². The normalized spacial score (nSPS) is 12.0. The van der Waals surface area contributed by atoms with Gasteiger partial charge < -0.3 is 19.9 Å². The lowest BCUT2D eigenvalue weighted by Gasteiger charge is -2.15. The molecule has 25 heavy (non-hydrogen) atoms. The van der Waals surface area contributed by atoms with Crippen LogP contribution in [0, 0.1) is 0 Å². The van der Waals surface area contributed by atoms with Crippen LogP contribution in [0.4, 0.5) is 0 Å². The summed E-state index contributed by atoms with van der Waals surface area (Å²) in [4.78, 5) is 22.4. The fourth-order valence-corrected chi connectivity index (χ4v) is 2.33. The smallest absolute Gasteiger partial charge is 0.326 e. The molecule has 0 aromatic heterocycles. The van der Waals surface area contributed by atoms with E-state index in [1.54, 1.807) is 18.2 Å². The summed E-state index contributed by atoms with van der Waals surface area (Å²) in [5.41, 5.74) is 1.65. The molecule has 0 aliphatic carbocycles. The molecular weight excluding hydrogens is 322 g/mol. The molecule has 1 amide bonds. The maximum Gasteiger partial charge on any atom is 0.326 e. The van der Waals surface area contributed by atoms with Crippen LogP contribution >= 0.6 is 0 Å². The fourth-order valence-electron chi connectivity index (χ4n) is 2.33. The molecule has 0 aliphatic rings. The second-order valence-electron chi connectivity index (χ2n) is 5.50. The second-order valence-corrected chi connectivity index (χ2v) is 5.50. The highest BCUT2D eigenvalue weighted by atomic mass is 16.5. The van der Waals surface area contributed by atoms with Crippen LogP contribution in [0.3, 0.4) is 0 Å². The zero-order valence-electron chi connectivity index (χ0n) is 14.9. The van der Waals surface area contributed by atoms with Crippen molar-refractivity contribution in [1.82, 2.24) is 5.32 Å². The molecule has 0 radical (unpaired) electrons. The van der Waals surface area contributed by atoms with E-state index in [4.69, 9.17) is 10.8 Å². The standard InChI is InChI=1S/C19H21NO5/c1-13(21)20-16(19(22)23)10-15-8-9-17(18(11-15)24-2)25-12-14-6-4-3-5-7-14/h3-9,11,16H,10,12H2,1-2H3,(H,20,21)(H,22,23)/t16-/m1/s1/i2D. The largest absolute Gasteiger partial charge is 0.493 e. The lowest BCUT2D eigenvalue weighted by molar-refractivity contribution is -0.141. The van der Waals surface area contributed by atoms with Gasteiger partial charge in [0.2, 0.25) is 5.91 Å². The molecule has 0 spiro atoms. The van der Waals surface area contributed by atoms with Crippen molar-refractivity contribution in [2.45, 2.75) is 26.0 Å². The third-order valence-corrected chi connectivity index (χ3v) is 3.52. The van der Waals surface area contributed by atoms with Gasteiger partial charge in [0.05, 0.1) is 8.46 Å². The van der Waals surface area contributed by atoms with Crippen molar-refractivity contribution < 1.29 is 25.5 Å². The number of ether oxygens (including phenoxy) is 2. The van der Waals surface area contributed by atoms with E-state index in [0.29, 0.717) is 23.7 Å². The molecule has 0 saturated carbocycles. The molecule has 2 aromatic carbocycles. The molecule has 0 heterocycles. The molecule has 0 unspecified atom stereocenters. The fraction of sp³-hybridized carbons (Fsp3) is 0.263. The molecule has 0 aliphatic heterocycles. The summed E-state index contributed by atoms with van der Waals surface area (Å²) in [7, 11) is -0.292. The number of benzene rings is 2. The molecule has 2 N–H and O–H groups in total. The van der Waals surface area contributed by atoms with Gasteiger partial charge in [0, 0.05) is 13.3 Å². The third-order valence-electron chi connectivity index (χ3n) is 3.52.